The lowest BCUT2D eigenvalue weighted by molar-refractivity contribution is -0.384. The molecule has 1 aromatic carbocycles. The monoisotopic (exact) mass is 392 g/mol. The maximum atomic E-state index is 12.4. The van der Waals surface area contributed by atoms with Gasteiger partial charge in [-0.25, -0.2) is 0 Å². The molecule has 0 bridgehead atoms. The summed E-state index contributed by atoms with van der Waals surface area (Å²) in [5.74, 6) is -0.484. The number of hydrogen-bond donors (Lipinski definition) is 1. The number of carbonyl (C=O) groups is 2. The lowest BCUT2D eigenvalue weighted by Gasteiger charge is -2.27. The summed E-state index contributed by atoms with van der Waals surface area (Å²) >= 11 is 1.33. The topological polar surface area (TPSA) is 114 Å². The van der Waals surface area contributed by atoms with Crippen molar-refractivity contribution in [2.24, 2.45) is 4.99 Å². The number of methoxy groups -OCH3 is 1. The second-order valence-corrected chi connectivity index (χ2v) is 7.45. The Bertz CT molecular complexity index is 792. The maximum absolute atomic E-state index is 12.4. The number of nitro groups is 1. The van der Waals surface area contributed by atoms with E-state index in [4.69, 9.17) is 4.74 Å². The van der Waals surface area contributed by atoms with E-state index in [9.17, 15) is 19.7 Å². The third kappa shape index (κ3) is 4.57. The number of amides is 2. The number of aliphatic imine (C=N–C) groups is 1. The Kier molecular flexibility index (Phi) is 5.94. The lowest BCUT2D eigenvalue weighted by atomic mass is 10.1. The summed E-state index contributed by atoms with van der Waals surface area (Å²) in [7, 11) is 1.36. The highest BCUT2D eigenvalue weighted by atomic mass is 32.2. The van der Waals surface area contributed by atoms with Gasteiger partial charge >= 0.3 is 0 Å². The number of non-ortho nitro benzene ring substituents is 1. The summed E-state index contributed by atoms with van der Waals surface area (Å²) in [5, 5.41) is 13.6. The van der Waals surface area contributed by atoms with Crippen molar-refractivity contribution in [3.05, 3.63) is 28.3 Å². The van der Waals surface area contributed by atoms with E-state index in [2.05, 4.69) is 15.2 Å². The predicted molar refractivity (Wildman–Crippen MR) is 102 cm³/mol. The largest absolute Gasteiger partial charge is 0.494 e. The second kappa shape index (κ2) is 8.38. The molecule has 0 spiro atoms. The summed E-state index contributed by atoms with van der Waals surface area (Å²) in [6.45, 7) is 1.77. The van der Waals surface area contributed by atoms with Crippen LogP contribution in [0.15, 0.2) is 23.2 Å². The average molecular weight is 392 g/mol. The first-order valence-electron chi connectivity index (χ1n) is 8.64. The number of ether oxygens (including phenoxy) is 1. The Labute approximate surface area is 160 Å². The average Bonchev–Trinajstić information content (AvgIpc) is 3.03. The normalized spacial score (nSPS) is 19.6. The molecule has 3 rings (SSSR count). The maximum Gasteiger partial charge on any atom is 0.273 e. The molecule has 0 aromatic heterocycles. The molecule has 0 unspecified atom stereocenters. The summed E-state index contributed by atoms with van der Waals surface area (Å²) in [6, 6.07) is 3.93. The Morgan fingerprint density at radius 3 is 2.81 bits per heavy atom. The van der Waals surface area contributed by atoms with E-state index in [1.165, 1.54) is 43.5 Å². The number of nitro benzene ring substituents is 1. The van der Waals surface area contributed by atoms with Crippen molar-refractivity contribution in [3.8, 4) is 5.75 Å². The molecule has 9 nitrogen and oxygen atoms in total. The van der Waals surface area contributed by atoms with Crippen LogP contribution in [0.5, 0.6) is 5.75 Å². The molecule has 1 atom stereocenters. The zero-order chi connectivity index (χ0) is 19.4. The number of likely N-dealkylation sites (tertiary alicyclic amines) is 1. The third-order valence-electron chi connectivity index (χ3n) is 4.40. The van der Waals surface area contributed by atoms with Gasteiger partial charge in [-0.05, 0) is 25.3 Å². The van der Waals surface area contributed by atoms with Crippen molar-refractivity contribution in [1.82, 2.24) is 4.90 Å². The predicted octanol–water partition coefficient (Wildman–Crippen LogP) is 2.42. The molecule has 2 heterocycles. The second-order valence-electron chi connectivity index (χ2n) is 6.28. The van der Waals surface area contributed by atoms with Gasteiger partial charge in [0.2, 0.25) is 5.91 Å². The fourth-order valence-electron chi connectivity index (χ4n) is 3.00. The minimum absolute atomic E-state index is 0.0233. The summed E-state index contributed by atoms with van der Waals surface area (Å²) in [5.41, 5.74) is 0.187. The van der Waals surface area contributed by atoms with E-state index in [1.54, 1.807) is 0 Å². The van der Waals surface area contributed by atoms with Crippen molar-refractivity contribution in [1.29, 1.82) is 0 Å². The molecular formula is C17H20N4O5S. The fourth-order valence-corrected chi connectivity index (χ4v) is 4.11. The molecule has 2 aliphatic heterocycles. The van der Waals surface area contributed by atoms with Crippen molar-refractivity contribution in [2.45, 2.75) is 30.9 Å². The Morgan fingerprint density at radius 1 is 1.41 bits per heavy atom. The van der Waals surface area contributed by atoms with Gasteiger partial charge in [0.05, 0.1) is 23.8 Å². The van der Waals surface area contributed by atoms with Crippen LogP contribution in [0.3, 0.4) is 0 Å². The molecule has 0 saturated carbocycles. The van der Waals surface area contributed by atoms with Crippen LogP contribution in [-0.2, 0) is 9.59 Å². The summed E-state index contributed by atoms with van der Waals surface area (Å²) in [6.07, 6.45) is 3.33. The van der Waals surface area contributed by atoms with E-state index in [-0.39, 0.29) is 29.7 Å². The first-order valence-corrected chi connectivity index (χ1v) is 9.52. The van der Waals surface area contributed by atoms with E-state index in [0.29, 0.717) is 10.9 Å². The highest BCUT2D eigenvalue weighted by Gasteiger charge is 2.33. The molecular weight excluding hydrogens is 372 g/mol. The van der Waals surface area contributed by atoms with Gasteiger partial charge in [0.1, 0.15) is 11.0 Å². The van der Waals surface area contributed by atoms with Crippen molar-refractivity contribution in [2.75, 3.05) is 25.5 Å². The molecule has 1 N–H and O–H groups in total. The number of nitrogens with zero attached hydrogens (tertiary/aromatic N) is 3. The van der Waals surface area contributed by atoms with Crippen molar-refractivity contribution < 1.29 is 19.2 Å². The van der Waals surface area contributed by atoms with E-state index >= 15 is 0 Å². The molecule has 1 saturated heterocycles. The number of benzene rings is 1. The van der Waals surface area contributed by atoms with Gasteiger partial charge in [-0.15, -0.1) is 0 Å². The number of hydrogen-bond acceptors (Lipinski definition) is 7. The van der Waals surface area contributed by atoms with Crippen LogP contribution < -0.4 is 10.1 Å². The zero-order valence-electron chi connectivity index (χ0n) is 14.8. The Hall–Kier alpha value is -2.62. The molecule has 10 heteroatoms. The first-order chi connectivity index (χ1) is 13.0. The van der Waals surface area contributed by atoms with Gasteiger partial charge < -0.3 is 15.0 Å². The third-order valence-corrected chi connectivity index (χ3v) is 5.61. The molecule has 2 aliphatic rings. The molecule has 144 valence electrons. The number of rotatable bonds is 5. The molecule has 27 heavy (non-hydrogen) atoms. The highest BCUT2D eigenvalue weighted by molar-refractivity contribution is 8.15. The van der Waals surface area contributed by atoms with Crippen LogP contribution in [0, 0.1) is 10.1 Å². The van der Waals surface area contributed by atoms with Crippen LogP contribution in [-0.4, -0.2) is 52.3 Å². The Morgan fingerprint density at radius 2 is 2.15 bits per heavy atom. The minimum Gasteiger partial charge on any atom is -0.494 e. The summed E-state index contributed by atoms with van der Waals surface area (Å²) < 4.78 is 5.10. The van der Waals surface area contributed by atoms with Gasteiger partial charge in [-0.2, -0.15) is 4.99 Å². The van der Waals surface area contributed by atoms with Gasteiger partial charge in [0.15, 0.2) is 5.17 Å². The minimum atomic E-state index is -0.550. The zero-order valence-corrected chi connectivity index (χ0v) is 15.7. The number of carbonyl (C=O) groups excluding carboxylic acids is 2. The quantitative estimate of drug-likeness (QED) is 0.604. The van der Waals surface area contributed by atoms with Crippen molar-refractivity contribution >= 4 is 40.1 Å². The number of piperidine rings is 1. The standard InChI is InChI=1S/C17H20N4O5S/c1-26-13-9-11(21(24)25)5-6-12(13)18-15(22)10-14-16(23)19-17(27-14)20-7-3-2-4-8-20/h5-6,9,14H,2-4,7-8,10H2,1H3,(H,18,22)/t14-/m1/s1. The lowest BCUT2D eigenvalue weighted by Crippen LogP contribution is -2.33. The first kappa shape index (κ1) is 19.2. The number of amidine groups is 1. The smallest absolute Gasteiger partial charge is 0.273 e. The SMILES string of the molecule is COc1cc([N+](=O)[O-])ccc1NC(=O)C[C@H]1SC(N2CCCCC2)=NC1=O. The molecule has 0 radical (unpaired) electrons. The van der Waals surface area contributed by atoms with Gasteiger partial charge in [0.25, 0.3) is 11.6 Å². The van der Waals surface area contributed by atoms with Crippen molar-refractivity contribution in [3.63, 3.8) is 0 Å². The molecule has 0 aliphatic carbocycles. The van der Waals surface area contributed by atoms with E-state index in [0.717, 1.165) is 25.9 Å². The Balaban J connectivity index is 1.60. The molecule has 1 aromatic rings. The van der Waals surface area contributed by atoms with E-state index < -0.39 is 10.2 Å². The number of nitrogens with one attached hydrogen (secondary N) is 1. The van der Waals surface area contributed by atoms with Crippen LogP contribution in [0.25, 0.3) is 0 Å². The summed E-state index contributed by atoms with van der Waals surface area (Å²) in [4.78, 5) is 41.0. The van der Waals surface area contributed by atoms with Crippen LogP contribution in [0.4, 0.5) is 11.4 Å². The number of anilines is 1. The van der Waals surface area contributed by atoms with Crippen LogP contribution in [0.1, 0.15) is 25.7 Å². The van der Waals surface area contributed by atoms with Crippen LogP contribution in [0.2, 0.25) is 0 Å². The van der Waals surface area contributed by atoms with Crippen LogP contribution >= 0.6 is 11.8 Å². The van der Waals surface area contributed by atoms with Gasteiger partial charge in [-0.3, -0.25) is 19.7 Å². The van der Waals surface area contributed by atoms with Gasteiger partial charge in [-0.1, -0.05) is 11.8 Å². The molecule has 2 amide bonds. The number of thioether (sulfide) groups is 1. The highest BCUT2D eigenvalue weighted by Crippen LogP contribution is 2.31. The van der Waals surface area contributed by atoms with Gasteiger partial charge in [0, 0.05) is 25.6 Å². The van der Waals surface area contributed by atoms with E-state index in [1.807, 2.05) is 0 Å². The molecule has 1 fully saturated rings. The fraction of sp³-hybridized carbons (Fsp3) is 0.471.